The minimum atomic E-state index is -3.76. The lowest BCUT2D eigenvalue weighted by molar-refractivity contribution is 0.0979. The van der Waals surface area contributed by atoms with Crippen molar-refractivity contribution in [3.8, 4) is 0 Å². The third kappa shape index (κ3) is 4.73. The quantitative estimate of drug-likeness (QED) is 0.728. The van der Waals surface area contributed by atoms with E-state index in [-0.39, 0.29) is 17.0 Å². The fourth-order valence-electron chi connectivity index (χ4n) is 4.55. The number of ether oxygens (including phenoxy) is 1. The number of halogens is 1. The summed E-state index contributed by atoms with van der Waals surface area (Å²) in [6.45, 7) is 7.22. The number of nitrogens with zero attached hydrogens (tertiary/aromatic N) is 1. The first-order valence-corrected chi connectivity index (χ1v) is 12.5. The van der Waals surface area contributed by atoms with E-state index in [4.69, 9.17) is 4.74 Å². The Bertz CT molecular complexity index is 1140. The molecule has 1 unspecified atom stereocenters. The van der Waals surface area contributed by atoms with Gasteiger partial charge in [0.05, 0.1) is 25.5 Å². The van der Waals surface area contributed by atoms with Crippen LogP contribution in [-0.4, -0.2) is 46.9 Å². The number of benzene rings is 2. The zero-order chi connectivity index (χ0) is 23.1. The van der Waals surface area contributed by atoms with Gasteiger partial charge in [0.1, 0.15) is 5.82 Å². The van der Waals surface area contributed by atoms with E-state index < -0.39 is 21.7 Å². The van der Waals surface area contributed by atoms with Crippen LogP contribution in [0, 0.1) is 11.2 Å². The second-order valence-corrected chi connectivity index (χ2v) is 10.9. The molecule has 0 radical (unpaired) electrons. The Morgan fingerprint density at radius 1 is 1.22 bits per heavy atom. The third-order valence-corrected chi connectivity index (χ3v) is 6.59. The van der Waals surface area contributed by atoms with Crippen molar-refractivity contribution in [2.24, 2.45) is 5.41 Å². The summed E-state index contributed by atoms with van der Waals surface area (Å²) in [7, 11) is -3.76. The van der Waals surface area contributed by atoms with Crippen LogP contribution in [0.4, 0.5) is 15.8 Å². The second-order valence-electron chi connectivity index (χ2n) is 9.12. The Labute approximate surface area is 188 Å². The normalized spacial score (nSPS) is 20.2. The number of carbonyl (C=O) groups excluding carboxylic acids is 1. The highest BCUT2D eigenvalue weighted by atomic mass is 32.2. The molecule has 172 valence electrons. The Morgan fingerprint density at radius 3 is 2.62 bits per heavy atom. The number of rotatable bonds is 4. The summed E-state index contributed by atoms with van der Waals surface area (Å²) in [4.78, 5) is 14.8. The molecule has 2 aliphatic rings. The van der Waals surface area contributed by atoms with Crippen LogP contribution in [-0.2, 0) is 21.2 Å². The van der Waals surface area contributed by atoms with Crippen LogP contribution in [0.5, 0.6) is 0 Å². The Balaban J connectivity index is 1.69. The van der Waals surface area contributed by atoms with Crippen LogP contribution in [0.2, 0.25) is 0 Å². The smallest absolute Gasteiger partial charge is 0.265 e. The van der Waals surface area contributed by atoms with Gasteiger partial charge in [-0.25, -0.2) is 17.5 Å². The van der Waals surface area contributed by atoms with Crippen LogP contribution >= 0.6 is 0 Å². The summed E-state index contributed by atoms with van der Waals surface area (Å²) < 4.78 is 44.9. The van der Waals surface area contributed by atoms with Crippen molar-refractivity contribution >= 4 is 27.3 Å². The molecule has 1 amide bonds. The first kappa shape index (κ1) is 22.5. The molecule has 1 fully saturated rings. The van der Waals surface area contributed by atoms with Gasteiger partial charge in [0.15, 0.2) is 0 Å². The van der Waals surface area contributed by atoms with Crippen molar-refractivity contribution < 1.29 is 22.3 Å². The van der Waals surface area contributed by atoms with E-state index >= 15 is 0 Å². The van der Waals surface area contributed by atoms with Gasteiger partial charge in [-0.1, -0.05) is 26.0 Å². The van der Waals surface area contributed by atoms with Crippen LogP contribution in [0.15, 0.2) is 36.4 Å². The van der Waals surface area contributed by atoms with Gasteiger partial charge in [-0.15, -0.1) is 0 Å². The van der Waals surface area contributed by atoms with Gasteiger partial charge in [0.2, 0.25) is 10.0 Å². The molecule has 9 heteroatoms. The lowest BCUT2D eigenvalue weighted by Crippen LogP contribution is -2.38. The van der Waals surface area contributed by atoms with E-state index in [9.17, 15) is 17.6 Å². The molecular weight excluding hydrogens is 433 g/mol. The van der Waals surface area contributed by atoms with Crippen molar-refractivity contribution in [3.63, 3.8) is 0 Å². The number of carbonyl (C=O) groups is 1. The fourth-order valence-corrected chi connectivity index (χ4v) is 4.99. The molecule has 0 aliphatic carbocycles. The van der Waals surface area contributed by atoms with Crippen molar-refractivity contribution in [1.82, 2.24) is 4.72 Å². The molecule has 2 N–H and O–H groups in total. The molecule has 0 saturated carbocycles. The van der Waals surface area contributed by atoms with Crippen molar-refractivity contribution in [3.05, 3.63) is 58.9 Å². The molecule has 0 aromatic heterocycles. The van der Waals surface area contributed by atoms with Gasteiger partial charge in [-0.05, 0) is 47.2 Å². The largest absolute Gasteiger partial charge is 0.378 e. The molecule has 7 nitrogen and oxygen atoms in total. The minimum Gasteiger partial charge on any atom is -0.378 e. The first-order valence-electron chi connectivity index (χ1n) is 10.6. The summed E-state index contributed by atoms with van der Waals surface area (Å²) in [6.07, 6.45) is 1.38. The molecule has 0 spiro atoms. The lowest BCUT2D eigenvalue weighted by atomic mass is 9.72. The van der Waals surface area contributed by atoms with Crippen molar-refractivity contribution in [2.45, 2.75) is 26.3 Å². The summed E-state index contributed by atoms with van der Waals surface area (Å²) in [6, 6.07) is 10.6. The zero-order valence-electron chi connectivity index (χ0n) is 18.4. The van der Waals surface area contributed by atoms with E-state index in [1.807, 2.05) is 16.9 Å². The van der Waals surface area contributed by atoms with Crippen LogP contribution < -0.4 is 14.9 Å². The molecule has 1 saturated heterocycles. The Hall–Kier alpha value is -2.65. The maximum Gasteiger partial charge on any atom is 0.265 e. The second kappa shape index (κ2) is 8.37. The topological polar surface area (TPSA) is 87.7 Å². The Morgan fingerprint density at radius 2 is 1.94 bits per heavy atom. The molecule has 0 bridgehead atoms. The monoisotopic (exact) mass is 461 g/mol. The van der Waals surface area contributed by atoms with Gasteiger partial charge in [0, 0.05) is 30.0 Å². The van der Waals surface area contributed by atoms with E-state index in [1.54, 1.807) is 0 Å². The molecular formula is C23H28FN3O4S. The van der Waals surface area contributed by atoms with Crippen LogP contribution in [0.3, 0.4) is 0 Å². The number of morpholine rings is 1. The maximum atomic E-state index is 14.4. The third-order valence-electron chi connectivity index (χ3n) is 6.03. The van der Waals surface area contributed by atoms with Crippen molar-refractivity contribution in [2.75, 3.05) is 42.8 Å². The minimum absolute atomic E-state index is 0.0338. The predicted molar refractivity (Wildman–Crippen MR) is 122 cm³/mol. The number of nitrogens with one attached hydrogen (secondary N) is 2. The van der Waals surface area contributed by atoms with E-state index in [0.717, 1.165) is 36.7 Å². The predicted octanol–water partition coefficient (Wildman–Crippen LogP) is 3.09. The van der Waals surface area contributed by atoms with Crippen molar-refractivity contribution in [1.29, 1.82) is 0 Å². The fraction of sp³-hybridized carbons (Fsp3) is 0.435. The molecule has 2 aromatic carbocycles. The molecule has 2 aliphatic heterocycles. The number of hydrogen-bond donors (Lipinski definition) is 2. The number of anilines is 2. The molecule has 1 atom stereocenters. The maximum absolute atomic E-state index is 14.4. The van der Waals surface area contributed by atoms with Crippen LogP contribution in [0.25, 0.3) is 0 Å². The lowest BCUT2D eigenvalue weighted by Gasteiger charge is -2.42. The number of amides is 1. The summed E-state index contributed by atoms with van der Waals surface area (Å²) in [5, 5.41) is 3.42. The van der Waals surface area contributed by atoms with Gasteiger partial charge >= 0.3 is 0 Å². The van der Waals surface area contributed by atoms with E-state index in [0.29, 0.717) is 30.9 Å². The average Bonchev–Trinajstić information content (AvgIpc) is 2.72. The summed E-state index contributed by atoms with van der Waals surface area (Å²) >= 11 is 0. The standard InChI is InChI=1S/C23H28FN3O4S/c1-23(2)14-19-18(22(28)26-32(3,29)30)12-16(24)13-20(19)25-21(23)15-5-4-6-17(11-15)27-7-9-31-10-8-27/h4-6,11-13,21,25H,7-10,14H2,1-3H3,(H,26,28). The Kier molecular flexibility index (Phi) is 5.89. The highest BCUT2D eigenvalue weighted by molar-refractivity contribution is 7.89. The number of hydrogen-bond acceptors (Lipinski definition) is 6. The molecule has 4 rings (SSSR count). The first-order chi connectivity index (χ1) is 15.0. The number of sulfonamides is 1. The van der Waals surface area contributed by atoms with Gasteiger partial charge in [-0.3, -0.25) is 4.79 Å². The van der Waals surface area contributed by atoms with E-state index in [1.165, 1.54) is 6.07 Å². The summed E-state index contributed by atoms with van der Waals surface area (Å²) in [5.74, 6) is -1.43. The van der Waals surface area contributed by atoms with Gasteiger partial charge in [-0.2, -0.15) is 0 Å². The molecule has 32 heavy (non-hydrogen) atoms. The molecule has 2 aromatic rings. The SMILES string of the molecule is CC1(C)Cc2c(cc(F)cc2C(=O)NS(C)(=O)=O)NC1c1cccc(N2CCOCC2)c1. The summed E-state index contributed by atoms with van der Waals surface area (Å²) in [5.41, 5.74) is 3.00. The van der Waals surface area contributed by atoms with Gasteiger partial charge < -0.3 is 15.0 Å². The zero-order valence-corrected chi connectivity index (χ0v) is 19.3. The highest BCUT2D eigenvalue weighted by Gasteiger charge is 2.38. The van der Waals surface area contributed by atoms with Gasteiger partial charge in [0.25, 0.3) is 5.91 Å². The number of fused-ring (bicyclic) bond motifs is 1. The average molecular weight is 462 g/mol. The van der Waals surface area contributed by atoms with E-state index in [2.05, 4.69) is 36.2 Å². The van der Waals surface area contributed by atoms with Crippen LogP contribution in [0.1, 0.15) is 41.4 Å². The highest BCUT2D eigenvalue weighted by Crippen LogP contribution is 2.46. The molecule has 2 heterocycles.